The molecule has 0 spiro atoms. The molecule has 1 unspecified atom stereocenters. The van der Waals surface area contributed by atoms with E-state index in [0.717, 1.165) is 79.5 Å². The maximum absolute atomic E-state index is 11.8. The van der Waals surface area contributed by atoms with Gasteiger partial charge in [0, 0.05) is 24.3 Å². The van der Waals surface area contributed by atoms with Gasteiger partial charge in [0.1, 0.15) is 30.1 Å². The van der Waals surface area contributed by atoms with E-state index in [2.05, 4.69) is 51.6 Å². The summed E-state index contributed by atoms with van der Waals surface area (Å²) in [5, 5.41) is 0.877. The van der Waals surface area contributed by atoms with Crippen LogP contribution >= 0.6 is 0 Å². The van der Waals surface area contributed by atoms with Crippen LogP contribution in [-0.4, -0.2) is 62.8 Å². The third-order valence-corrected chi connectivity index (χ3v) is 8.56. The summed E-state index contributed by atoms with van der Waals surface area (Å²) in [5.74, 6) is 1.64. The van der Waals surface area contributed by atoms with Crippen LogP contribution in [0.1, 0.15) is 58.4 Å². The topological polar surface area (TPSA) is 122 Å². The van der Waals surface area contributed by atoms with Crippen LogP contribution < -0.4 is 16.2 Å². The summed E-state index contributed by atoms with van der Waals surface area (Å²) in [6, 6.07) is 8.36. The number of benzene rings is 1. The molecule has 1 aromatic carbocycles. The number of ether oxygens (including phenoxy) is 2. The van der Waals surface area contributed by atoms with Gasteiger partial charge in [-0.05, 0) is 82.5 Å². The van der Waals surface area contributed by atoms with E-state index < -0.39 is 0 Å². The van der Waals surface area contributed by atoms with Crippen molar-refractivity contribution in [2.75, 3.05) is 25.4 Å². The van der Waals surface area contributed by atoms with Crippen molar-refractivity contribution in [1.82, 2.24) is 19.4 Å². The van der Waals surface area contributed by atoms with Gasteiger partial charge in [0.15, 0.2) is 0 Å². The normalized spacial score (nSPS) is 27.0. The SMILES string of the molecule is CC1(C)CC[C@@H](COc2cccc(-c3cn([C@H]4C[C@H](CN5CCCC5C(N)=O)C4)c4ncnc(N)c34)c2)O1. The highest BCUT2D eigenvalue weighted by atomic mass is 16.6. The molecule has 4 N–H and O–H groups in total. The summed E-state index contributed by atoms with van der Waals surface area (Å²) < 4.78 is 14.5. The summed E-state index contributed by atoms with van der Waals surface area (Å²) in [6.07, 6.45) is 9.88. The standard InChI is InChI=1S/C29H38N6O3/c1-29(2)9-8-22(38-29)16-37-21-6-3-5-19(13-21)23-15-35(28-25(23)26(30)32-17-33-28)20-11-18(12-20)14-34-10-4-7-24(34)27(31)36/h3,5-6,13,15,17-18,20,22,24H,4,7-12,14,16H2,1-2H3,(H2,31,36)(H2,30,32,33)/t18-,20-,22-,24?/m0/s1. The Bertz CT molecular complexity index is 1330. The van der Waals surface area contributed by atoms with Gasteiger partial charge in [-0.3, -0.25) is 9.69 Å². The van der Waals surface area contributed by atoms with E-state index in [0.29, 0.717) is 24.4 Å². The van der Waals surface area contributed by atoms with E-state index in [-0.39, 0.29) is 23.7 Å². The lowest BCUT2D eigenvalue weighted by molar-refractivity contribution is -0.122. The fourth-order valence-electron chi connectivity index (χ4n) is 6.52. The first kappa shape index (κ1) is 25.1. The van der Waals surface area contributed by atoms with Gasteiger partial charge in [0.05, 0.1) is 23.1 Å². The van der Waals surface area contributed by atoms with Crippen LogP contribution in [-0.2, 0) is 9.53 Å². The van der Waals surface area contributed by atoms with Crippen LogP contribution in [0.3, 0.4) is 0 Å². The number of fused-ring (bicyclic) bond motifs is 1. The van der Waals surface area contributed by atoms with Crippen molar-refractivity contribution in [3.63, 3.8) is 0 Å². The van der Waals surface area contributed by atoms with E-state index >= 15 is 0 Å². The van der Waals surface area contributed by atoms with E-state index in [4.69, 9.17) is 20.9 Å². The van der Waals surface area contributed by atoms with Gasteiger partial charge in [0.25, 0.3) is 0 Å². The molecule has 6 rings (SSSR count). The molecule has 2 aliphatic heterocycles. The number of likely N-dealkylation sites (tertiary alicyclic amines) is 1. The molecular weight excluding hydrogens is 480 g/mol. The fraction of sp³-hybridized carbons (Fsp3) is 0.552. The number of aromatic nitrogens is 3. The largest absolute Gasteiger partial charge is 0.491 e. The number of nitrogens with two attached hydrogens (primary N) is 2. The minimum absolute atomic E-state index is 0.0756. The predicted octanol–water partition coefficient (Wildman–Crippen LogP) is 3.92. The number of hydrogen-bond acceptors (Lipinski definition) is 7. The third-order valence-electron chi connectivity index (χ3n) is 8.56. The molecule has 1 aliphatic carbocycles. The molecule has 9 heteroatoms. The van der Waals surface area contributed by atoms with Crippen LogP contribution in [0.4, 0.5) is 5.82 Å². The van der Waals surface area contributed by atoms with Gasteiger partial charge < -0.3 is 25.5 Å². The molecule has 3 fully saturated rings. The van der Waals surface area contributed by atoms with Crippen molar-refractivity contribution < 1.29 is 14.3 Å². The number of carbonyl (C=O) groups excluding carboxylic acids is 1. The van der Waals surface area contributed by atoms with Crippen LogP contribution in [0.2, 0.25) is 0 Å². The second-order valence-electron chi connectivity index (χ2n) is 11.8. The zero-order valence-electron chi connectivity index (χ0n) is 22.3. The fourth-order valence-corrected chi connectivity index (χ4v) is 6.52. The Hall–Kier alpha value is -3.17. The molecule has 202 valence electrons. The number of hydrogen-bond donors (Lipinski definition) is 2. The molecule has 2 saturated heterocycles. The quantitative estimate of drug-likeness (QED) is 0.464. The highest BCUT2D eigenvalue weighted by molar-refractivity contribution is 6.00. The van der Waals surface area contributed by atoms with Gasteiger partial charge in [-0.1, -0.05) is 12.1 Å². The van der Waals surface area contributed by atoms with Crippen LogP contribution in [0, 0.1) is 5.92 Å². The zero-order valence-corrected chi connectivity index (χ0v) is 22.3. The number of carbonyl (C=O) groups is 1. The average molecular weight is 519 g/mol. The van der Waals surface area contributed by atoms with Gasteiger partial charge in [-0.15, -0.1) is 0 Å². The number of amides is 1. The molecule has 38 heavy (non-hydrogen) atoms. The van der Waals surface area contributed by atoms with Gasteiger partial charge in [0.2, 0.25) is 5.91 Å². The molecule has 1 saturated carbocycles. The first-order chi connectivity index (χ1) is 18.3. The molecule has 0 radical (unpaired) electrons. The van der Waals surface area contributed by atoms with Crippen molar-refractivity contribution in [2.45, 2.75) is 76.2 Å². The Balaban J connectivity index is 1.19. The van der Waals surface area contributed by atoms with E-state index in [1.165, 1.54) is 0 Å². The minimum atomic E-state index is -0.197. The molecule has 2 aromatic heterocycles. The summed E-state index contributed by atoms with van der Waals surface area (Å²) >= 11 is 0. The monoisotopic (exact) mass is 518 g/mol. The number of primary amides is 1. The Morgan fingerprint density at radius 1 is 1.24 bits per heavy atom. The molecule has 9 nitrogen and oxygen atoms in total. The molecular formula is C29H38N6O3. The highest BCUT2D eigenvalue weighted by Gasteiger charge is 2.37. The van der Waals surface area contributed by atoms with Crippen molar-refractivity contribution in [3.05, 3.63) is 36.8 Å². The first-order valence-corrected chi connectivity index (χ1v) is 13.8. The molecule has 3 aromatic rings. The molecule has 4 heterocycles. The average Bonchev–Trinajstić information content (AvgIpc) is 3.57. The minimum Gasteiger partial charge on any atom is -0.491 e. The van der Waals surface area contributed by atoms with Gasteiger partial charge in [-0.2, -0.15) is 0 Å². The number of nitrogens with zero attached hydrogens (tertiary/aromatic N) is 4. The maximum atomic E-state index is 11.8. The van der Waals surface area contributed by atoms with Crippen molar-refractivity contribution in [1.29, 1.82) is 0 Å². The number of nitrogen functional groups attached to an aromatic ring is 1. The van der Waals surface area contributed by atoms with Crippen LogP contribution in [0.5, 0.6) is 5.75 Å². The Labute approximate surface area is 223 Å². The lowest BCUT2D eigenvalue weighted by Gasteiger charge is -2.39. The van der Waals surface area contributed by atoms with Gasteiger partial charge in [-0.25, -0.2) is 9.97 Å². The van der Waals surface area contributed by atoms with Crippen molar-refractivity contribution in [2.24, 2.45) is 11.7 Å². The third kappa shape index (κ3) is 4.85. The Kier molecular flexibility index (Phi) is 6.52. The highest BCUT2D eigenvalue weighted by Crippen LogP contribution is 2.44. The summed E-state index contributed by atoms with van der Waals surface area (Å²) in [7, 11) is 0. The second kappa shape index (κ2) is 9.85. The number of rotatable bonds is 8. The second-order valence-corrected chi connectivity index (χ2v) is 11.8. The molecule has 0 bridgehead atoms. The molecule has 3 aliphatic rings. The van der Waals surface area contributed by atoms with Crippen LogP contribution in [0.25, 0.3) is 22.2 Å². The predicted molar refractivity (Wildman–Crippen MR) is 147 cm³/mol. The van der Waals surface area contributed by atoms with E-state index in [1.54, 1.807) is 6.33 Å². The lowest BCUT2D eigenvalue weighted by Crippen LogP contribution is -2.44. The number of anilines is 1. The Morgan fingerprint density at radius 3 is 2.84 bits per heavy atom. The van der Waals surface area contributed by atoms with Crippen molar-refractivity contribution >= 4 is 22.8 Å². The van der Waals surface area contributed by atoms with Crippen LogP contribution in [0.15, 0.2) is 36.8 Å². The van der Waals surface area contributed by atoms with Gasteiger partial charge >= 0.3 is 0 Å². The molecule has 1 amide bonds. The zero-order chi connectivity index (χ0) is 26.4. The smallest absolute Gasteiger partial charge is 0.234 e. The first-order valence-electron chi connectivity index (χ1n) is 13.8. The van der Waals surface area contributed by atoms with Crippen molar-refractivity contribution in [3.8, 4) is 16.9 Å². The summed E-state index contributed by atoms with van der Waals surface area (Å²) in [5.41, 5.74) is 14.8. The van der Waals surface area contributed by atoms with E-state index in [1.807, 2.05) is 12.1 Å². The summed E-state index contributed by atoms with van der Waals surface area (Å²) in [6.45, 7) is 6.68. The molecule has 2 atom stereocenters. The van der Waals surface area contributed by atoms with E-state index in [9.17, 15) is 4.79 Å². The summed E-state index contributed by atoms with van der Waals surface area (Å²) in [4.78, 5) is 23.0. The maximum Gasteiger partial charge on any atom is 0.234 e. The lowest BCUT2D eigenvalue weighted by atomic mass is 9.79. The Morgan fingerprint density at radius 2 is 2.08 bits per heavy atom.